The first-order valence-electron chi connectivity index (χ1n) is 11.2. The fourth-order valence-corrected chi connectivity index (χ4v) is 4.10. The zero-order valence-electron chi connectivity index (χ0n) is 19.9. The number of ether oxygens (including phenoxy) is 1. The Labute approximate surface area is 222 Å². The number of esters is 1. The Morgan fingerprint density at radius 1 is 0.892 bits per heavy atom. The van der Waals surface area contributed by atoms with Crippen LogP contribution in [-0.4, -0.2) is 29.3 Å². The minimum absolute atomic E-state index is 0.0344. The maximum Gasteiger partial charge on any atom is 0.306 e. The molecule has 2 N–H and O–H groups in total. The summed E-state index contributed by atoms with van der Waals surface area (Å²) in [6.07, 6.45) is 0.323. The number of anilines is 2. The Morgan fingerprint density at radius 2 is 1.49 bits per heavy atom. The van der Waals surface area contributed by atoms with E-state index in [0.717, 1.165) is 9.79 Å². The zero-order valence-corrected chi connectivity index (χ0v) is 21.4. The Bertz CT molecular complexity index is 1280. The van der Waals surface area contributed by atoms with Crippen molar-refractivity contribution >= 4 is 58.2 Å². The van der Waals surface area contributed by atoms with Crippen molar-refractivity contribution in [1.29, 1.82) is 0 Å². The highest BCUT2D eigenvalue weighted by Crippen LogP contribution is 2.29. The largest absolute Gasteiger partial charge is 0.456 e. The fraction of sp³-hybridized carbons (Fsp3) is 0.192. The first-order valence-corrected chi connectivity index (χ1v) is 12.4. The molecule has 2 amide bonds. The molecule has 0 atom stereocenters. The van der Waals surface area contributed by atoms with Gasteiger partial charge in [0.05, 0.1) is 4.92 Å². The standard InChI is InChI=1S/C26H24ClN3O6S/c1-17-5-8-20(15-23(17)30(34)35)29-25(32)16-36-26(33)4-2-3-24(31)28-19-9-13-22(14-10-19)37-21-11-6-18(27)7-12-21/h5-15H,2-4,16H2,1H3,(H,28,31)(H,29,32). The molecule has 11 heteroatoms. The molecule has 0 unspecified atom stereocenters. The number of halogens is 1. The smallest absolute Gasteiger partial charge is 0.306 e. The minimum atomic E-state index is -0.624. The Hall–Kier alpha value is -3.89. The predicted molar refractivity (Wildman–Crippen MR) is 142 cm³/mol. The van der Waals surface area contributed by atoms with Crippen LogP contribution in [0.5, 0.6) is 0 Å². The van der Waals surface area contributed by atoms with Crippen molar-refractivity contribution in [3.8, 4) is 0 Å². The first-order chi connectivity index (χ1) is 17.7. The second-order valence-corrected chi connectivity index (χ2v) is 9.53. The number of nitro groups is 1. The number of aryl methyl sites for hydroxylation is 1. The fourth-order valence-electron chi connectivity index (χ4n) is 3.16. The third-order valence-electron chi connectivity index (χ3n) is 5.03. The topological polar surface area (TPSA) is 128 Å². The van der Waals surface area contributed by atoms with E-state index in [1.54, 1.807) is 30.8 Å². The Morgan fingerprint density at radius 3 is 2.14 bits per heavy atom. The van der Waals surface area contributed by atoms with Gasteiger partial charge in [0.15, 0.2) is 6.61 Å². The van der Waals surface area contributed by atoms with Crippen LogP contribution in [0.2, 0.25) is 5.02 Å². The van der Waals surface area contributed by atoms with Crippen LogP contribution in [0.15, 0.2) is 76.5 Å². The number of amides is 2. The van der Waals surface area contributed by atoms with E-state index in [2.05, 4.69) is 10.6 Å². The van der Waals surface area contributed by atoms with Crippen LogP contribution >= 0.6 is 23.4 Å². The summed E-state index contributed by atoms with van der Waals surface area (Å²) in [7, 11) is 0. The van der Waals surface area contributed by atoms with E-state index >= 15 is 0 Å². The van der Waals surface area contributed by atoms with Crippen molar-refractivity contribution in [3.05, 3.63) is 87.4 Å². The summed E-state index contributed by atoms with van der Waals surface area (Å²) in [5.74, 6) is -1.49. The number of hydrogen-bond donors (Lipinski definition) is 2. The van der Waals surface area contributed by atoms with Gasteiger partial charge in [0.2, 0.25) is 5.91 Å². The average molecular weight is 542 g/mol. The lowest BCUT2D eigenvalue weighted by Crippen LogP contribution is -2.21. The molecule has 0 bridgehead atoms. The summed E-state index contributed by atoms with van der Waals surface area (Å²) in [6.45, 7) is 1.05. The lowest BCUT2D eigenvalue weighted by atomic mass is 10.2. The molecule has 3 aromatic carbocycles. The number of carbonyl (C=O) groups is 3. The second-order valence-electron chi connectivity index (χ2n) is 7.95. The van der Waals surface area contributed by atoms with Crippen LogP contribution in [0.3, 0.4) is 0 Å². The van der Waals surface area contributed by atoms with E-state index in [0.29, 0.717) is 16.3 Å². The summed E-state index contributed by atoms with van der Waals surface area (Å²) in [5, 5.41) is 16.9. The molecule has 0 aliphatic carbocycles. The van der Waals surface area contributed by atoms with Crippen molar-refractivity contribution in [2.24, 2.45) is 0 Å². The maximum absolute atomic E-state index is 12.2. The molecule has 192 valence electrons. The molecule has 3 aromatic rings. The molecule has 3 rings (SSSR count). The van der Waals surface area contributed by atoms with Crippen LogP contribution in [0, 0.1) is 17.0 Å². The summed E-state index contributed by atoms with van der Waals surface area (Å²) in [6, 6.07) is 19.2. The molecule has 37 heavy (non-hydrogen) atoms. The van der Waals surface area contributed by atoms with Gasteiger partial charge in [0, 0.05) is 50.7 Å². The van der Waals surface area contributed by atoms with E-state index in [-0.39, 0.29) is 36.5 Å². The first kappa shape index (κ1) is 27.7. The van der Waals surface area contributed by atoms with Gasteiger partial charge >= 0.3 is 5.97 Å². The number of nitrogens with zero attached hydrogens (tertiary/aromatic N) is 1. The molecule has 0 aromatic heterocycles. The third-order valence-corrected chi connectivity index (χ3v) is 6.29. The number of hydrogen-bond acceptors (Lipinski definition) is 7. The number of nitro benzene ring substituents is 1. The van der Waals surface area contributed by atoms with E-state index in [9.17, 15) is 24.5 Å². The molecule has 0 fully saturated rings. The predicted octanol–water partition coefficient (Wildman–Crippen LogP) is 6.00. The van der Waals surface area contributed by atoms with Crippen LogP contribution in [0.4, 0.5) is 17.1 Å². The molecule has 0 saturated carbocycles. The monoisotopic (exact) mass is 541 g/mol. The number of nitrogens with one attached hydrogen (secondary N) is 2. The summed E-state index contributed by atoms with van der Waals surface area (Å²) in [4.78, 5) is 48.6. The molecule has 9 nitrogen and oxygen atoms in total. The van der Waals surface area contributed by atoms with Gasteiger partial charge in [-0.3, -0.25) is 24.5 Å². The van der Waals surface area contributed by atoms with E-state index in [1.165, 1.54) is 18.2 Å². The highest BCUT2D eigenvalue weighted by Gasteiger charge is 2.14. The molecule has 0 aliphatic heterocycles. The van der Waals surface area contributed by atoms with Crippen molar-refractivity contribution in [2.75, 3.05) is 17.2 Å². The zero-order chi connectivity index (χ0) is 26.8. The van der Waals surface area contributed by atoms with Crippen molar-refractivity contribution in [1.82, 2.24) is 0 Å². The molecule has 0 spiro atoms. The third kappa shape index (κ3) is 9.25. The van der Waals surface area contributed by atoms with E-state index in [4.69, 9.17) is 16.3 Å². The highest BCUT2D eigenvalue weighted by molar-refractivity contribution is 7.99. The lowest BCUT2D eigenvalue weighted by molar-refractivity contribution is -0.385. The Balaban J connectivity index is 1.34. The van der Waals surface area contributed by atoms with Gasteiger partial charge in [-0.1, -0.05) is 29.4 Å². The Kier molecular flexibility index (Phi) is 10.0. The molecular formula is C26H24ClN3O6S. The molecular weight excluding hydrogens is 518 g/mol. The maximum atomic E-state index is 12.2. The number of benzene rings is 3. The highest BCUT2D eigenvalue weighted by atomic mass is 35.5. The van der Waals surface area contributed by atoms with Gasteiger partial charge in [-0.25, -0.2) is 0 Å². The van der Waals surface area contributed by atoms with Gasteiger partial charge in [-0.2, -0.15) is 0 Å². The lowest BCUT2D eigenvalue weighted by Gasteiger charge is -2.08. The van der Waals surface area contributed by atoms with Gasteiger partial charge in [0.25, 0.3) is 11.6 Å². The van der Waals surface area contributed by atoms with Crippen LogP contribution in [-0.2, 0) is 19.1 Å². The van der Waals surface area contributed by atoms with E-state index < -0.39 is 23.4 Å². The normalized spacial score (nSPS) is 10.4. The molecule has 0 aliphatic rings. The van der Waals surface area contributed by atoms with E-state index in [1.807, 2.05) is 36.4 Å². The minimum Gasteiger partial charge on any atom is -0.456 e. The number of carbonyl (C=O) groups excluding carboxylic acids is 3. The van der Waals surface area contributed by atoms with Gasteiger partial charge in [-0.05, 0) is 67.9 Å². The summed E-state index contributed by atoms with van der Waals surface area (Å²) < 4.78 is 4.92. The van der Waals surface area contributed by atoms with Crippen molar-refractivity contribution in [3.63, 3.8) is 0 Å². The second kappa shape index (κ2) is 13.4. The SMILES string of the molecule is Cc1ccc(NC(=O)COC(=O)CCCC(=O)Nc2ccc(Sc3ccc(Cl)cc3)cc2)cc1[N+](=O)[O-]. The molecule has 0 saturated heterocycles. The van der Waals surface area contributed by atoms with Gasteiger partial charge < -0.3 is 15.4 Å². The van der Waals surface area contributed by atoms with Crippen molar-refractivity contribution < 1.29 is 24.0 Å². The van der Waals surface area contributed by atoms with Gasteiger partial charge in [0.1, 0.15) is 0 Å². The average Bonchev–Trinajstić information content (AvgIpc) is 2.86. The molecule has 0 radical (unpaired) electrons. The molecule has 0 heterocycles. The van der Waals surface area contributed by atoms with Gasteiger partial charge in [-0.15, -0.1) is 0 Å². The van der Waals surface area contributed by atoms with Crippen LogP contribution in [0.25, 0.3) is 0 Å². The summed E-state index contributed by atoms with van der Waals surface area (Å²) in [5.41, 5.74) is 1.21. The quantitative estimate of drug-likeness (QED) is 0.173. The summed E-state index contributed by atoms with van der Waals surface area (Å²) >= 11 is 7.47. The van der Waals surface area contributed by atoms with Crippen molar-refractivity contribution in [2.45, 2.75) is 36.0 Å². The van der Waals surface area contributed by atoms with Crippen LogP contribution < -0.4 is 10.6 Å². The van der Waals surface area contributed by atoms with Crippen LogP contribution in [0.1, 0.15) is 24.8 Å². The number of rotatable bonds is 11.